The second-order valence-electron chi connectivity index (χ2n) is 11.7. The molecule has 7 rings (SSSR count). The standard InChI is InChI=1S/C33H32FN7O2/c1-2-21-6-3-7-22-16-24(42)17-25(27(21)22)29-28(34)30-26(18-37-29)31(40-15-12-36-23(19-40)8-11-35)39-32(38-30)43-20-33-9-4-13-41(33)14-5-10-33/h1,3,6-7,16-18,23,36,42H,4-5,8-10,12-15,19-20H2/t23-/m0/s1. The van der Waals surface area contributed by atoms with Crippen LogP contribution in [0.2, 0.25) is 0 Å². The maximum absolute atomic E-state index is 16.7. The lowest BCUT2D eigenvalue weighted by Gasteiger charge is -2.34. The number of fused-ring (bicyclic) bond motifs is 3. The van der Waals surface area contributed by atoms with Crippen LogP contribution in [-0.2, 0) is 0 Å². The lowest BCUT2D eigenvalue weighted by molar-refractivity contribution is 0.108. The molecule has 43 heavy (non-hydrogen) atoms. The number of nitrogens with one attached hydrogen (secondary N) is 1. The van der Waals surface area contributed by atoms with Crippen LogP contribution in [0.4, 0.5) is 10.2 Å². The van der Waals surface area contributed by atoms with E-state index in [1.807, 2.05) is 11.0 Å². The molecule has 218 valence electrons. The van der Waals surface area contributed by atoms with Crippen molar-refractivity contribution >= 4 is 27.5 Å². The van der Waals surface area contributed by atoms with E-state index in [4.69, 9.17) is 16.1 Å². The average molecular weight is 578 g/mol. The fourth-order valence-corrected chi connectivity index (χ4v) is 7.16. The van der Waals surface area contributed by atoms with E-state index in [1.165, 1.54) is 6.07 Å². The number of ether oxygens (including phenoxy) is 1. The smallest absolute Gasteiger partial charge is 0.319 e. The van der Waals surface area contributed by atoms with E-state index in [0.29, 0.717) is 65.8 Å². The summed E-state index contributed by atoms with van der Waals surface area (Å²) in [6.45, 7) is 4.38. The average Bonchev–Trinajstić information content (AvgIpc) is 3.60. The molecule has 3 aliphatic rings. The summed E-state index contributed by atoms with van der Waals surface area (Å²) in [6.07, 6.45) is 12.1. The van der Waals surface area contributed by atoms with E-state index >= 15 is 4.39 Å². The molecule has 3 saturated heterocycles. The molecule has 0 spiro atoms. The summed E-state index contributed by atoms with van der Waals surface area (Å²) in [5.74, 6) is 2.54. The number of aromatic nitrogens is 3. The number of piperazine rings is 1. The zero-order valence-corrected chi connectivity index (χ0v) is 23.8. The number of nitrogens with zero attached hydrogens (tertiary/aromatic N) is 6. The second-order valence-corrected chi connectivity index (χ2v) is 11.7. The summed E-state index contributed by atoms with van der Waals surface area (Å²) in [5, 5.41) is 25.0. The molecule has 0 saturated carbocycles. The van der Waals surface area contributed by atoms with E-state index < -0.39 is 5.82 Å². The highest BCUT2D eigenvalue weighted by atomic mass is 19.1. The third-order valence-corrected chi connectivity index (χ3v) is 9.19. The van der Waals surface area contributed by atoms with Crippen molar-refractivity contribution < 1.29 is 14.2 Å². The topological polar surface area (TPSA) is 110 Å². The van der Waals surface area contributed by atoms with Crippen molar-refractivity contribution in [1.29, 1.82) is 5.26 Å². The molecule has 0 radical (unpaired) electrons. The predicted octanol–water partition coefficient (Wildman–Crippen LogP) is 4.37. The highest BCUT2D eigenvalue weighted by Gasteiger charge is 2.45. The maximum atomic E-state index is 16.7. The van der Waals surface area contributed by atoms with Gasteiger partial charge in [-0.25, -0.2) is 4.39 Å². The number of anilines is 1. The van der Waals surface area contributed by atoms with Gasteiger partial charge in [0, 0.05) is 48.4 Å². The zero-order valence-electron chi connectivity index (χ0n) is 23.8. The minimum Gasteiger partial charge on any atom is -0.508 e. The van der Waals surface area contributed by atoms with Gasteiger partial charge in [-0.1, -0.05) is 18.1 Å². The Morgan fingerprint density at radius 1 is 1.19 bits per heavy atom. The number of pyridine rings is 1. The number of hydrogen-bond donors (Lipinski definition) is 2. The number of hydrogen-bond acceptors (Lipinski definition) is 9. The van der Waals surface area contributed by atoms with Gasteiger partial charge < -0.3 is 20.1 Å². The van der Waals surface area contributed by atoms with Gasteiger partial charge in [0.15, 0.2) is 5.82 Å². The van der Waals surface area contributed by atoms with Crippen LogP contribution in [-0.4, -0.2) is 75.9 Å². The fourth-order valence-electron chi connectivity index (χ4n) is 7.16. The van der Waals surface area contributed by atoms with Gasteiger partial charge in [0.2, 0.25) is 0 Å². The third kappa shape index (κ3) is 4.77. The molecule has 2 aromatic heterocycles. The van der Waals surface area contributed by atoms with Gasteiger partial charge in [0.05, 0.1) is 23.4 Å². The molecule has 0 unspecified atom stereocenters. The van der Waals surface area contributed by atoms with Gasteiger partial charge in [-0.2, -0.15) is 15.2 Å². The summed E-state index contributed by atoms with van der Waals surface area (Å²) in [4.78, 5) is 18.5. The SMILES string of the molecule is C#Cc1cccc2cc(O)cc(-c3ncc4c(N5CCN[C@@H](CC#N)C5)nc(OCC56CCCN5CCC6)nc4c3F)c12. The van der Waals surface area contributed by atoms with Crippen molar-refractivity contribution in [2.24, 2.45) is 0 Å². The molecular weight excluding hydrogens is 545 g/mol. The highest BCUT2D eigenvalue weighted by Crippen LogP contribution is 2.40. The van der Waals surface area contributed by atoms with Crippen molar-refractivity contribution in [1.82, 2.24) is 25.2 Å². The van der Waals surface area contributed by atoms with Crippen LogP contribution in [0.1, 0.15) is 37.7 Å². The van der Waals surface area contributed by atoms with Crippen LogP contribution in [0.3, 0.4) is 0 Å². The Labute approximate surface area is 249 Å². The minimum absolute atomic E-state index is 0.0216. The molecule has 2 N–H and O–H groups in total. The first-order valence-electron chi connectivity index (χ1n) is 14.8. The Morgan fingerprint density at radius 3 is 2.81 bits per heavy atom. The van der Waals surface area contributed by atoms with Crippen molar-refractivity contribution in [3.8, 4) is 41.4 Å². The first-order chi connectivity index (χ1) is 21.0. The number of aromatic hydroxyl groups is 1. The molecule has 0 amide bonds. The van der Waals surface area contributed by atoms with Gasteiger partial charge >= 0.3 is 6.01 Å². The maximum Gasteiger partial charge on any atom is 0.319 e. The van der Waals surface area contributed by atoms with E-state index in [2.05, 4.69) is 32.2 Å². The number of rotatable bonds is 6. The summed E-state index contributed by atoms with van der Waals surface area (Å²) in [6, 6.07) is 10.8. The van der Waals surface area contributed by atoms with Crippen molar-refractivity contribution in [3.63, 3.8) is 0 Å². The molecule has 5 heterocycles. The fraction of sp³-hybridized carbons (Fsp3) is 0.394. The van der Waals surface area contributed by atoms with Crippen LogP contribution >= 0.6 is 0 Å². The Hall–Kier alpha value is -4.51. The number of benzene rings is 2. The van der Waals surface area contributed by atoms with Gasteiger partial charge in [-0.05, 0) is 62.4 Å². The summed E-state index contributed by atoms with van der Waals surface area (Å²) < 4.78 is 23.0. The zero-order chi connectivity index (χ0) is 29.6. The molecule has 0 bridgehead atoms. The Kier molecular flexibility index (Phi) is 6.97. The van der Waals surface area contributed by atoms with Gasteiger partial charge in [-0.3, -0.25) is 9.88 Å². The summed E-state index contributed by atoms with van der Waals surface area (Å²) in [5.41, 5.74) is 1.04. The summed E-state index contributed by atoms with van der Waals surface area (Å²) in [7, 11) is 0. The summed E-state index contributed by atoms with van der Waals surface area (Å²) >= 11 is 0. The van der Waals surface area contributed by atoms with Crippen LogP contribution in [0, 0.1) is 29.5 Å². The van der Waals surface area contributed by atoms with E-state index in [9.17, 15) is 10.4 Å². The molecule has 3 aliphatic heterocycles. The van der Waals surface area contributed by atoms with Crippen molar-refractivity contribution in [2.75, 3.05) is 44.2 Å². The largest absolute Gasteiger partial charge is 0.508 e. The molecule has 4 aromatic rings. The first-order valence-corrected chi connectivity index (χ1v) is 14.8. The van der Waals surface area contributed by atoms with E-state index in [0.717, 1.165) is 38.8 Å². The second kappa shape index (κ2) is 11.0. The van der Waals surface area contributed by atoms with Crippen molar-refractivity contribution in [2.45, 2.75) is 43.7 Å². The Morgan fingerprint density at radius 2 is 2.02 bits per heavy atom. The number of phenolic OH excluding ortho intramolecular Hbond substituents is 1. The normalized spacial score (nSPS) is 19.8. The molecule has 9 nitrogen and oxygen atoms in total. The van der Waals surface area contributed by atoms with Gasteiger partial charge in [-0.15, -0.1) is 6.42 Å². The third-order valence-electron chi connectivity index (χ3n) is 9.19. The molecule has 0 aliphatic carbocycles. The predicted molar refractivity (Wildman–Crippen MR) is 162 cm³/mol. The lowest BCUT2D eigenvalue weighted by Crippen LogP contribution is -2.51. The van der Waals surface area contributed by atoms with E-state index in [-0.39, 0.29) is 34.6 Å². The molecule has 10 heteroatoms. The molecule has 1 atom stereocenters. The van der Waals surface area contributed by atoms with Crippen LogP contribution in [0.15, 0.2) is 36.5 Å². The molecule has 3 fully saturated rings. The van der Waals surface area contributed by atoms with Crippen LogP contribution in [0.5, 0.6) is 11.8 Å². The van der Waals surface area contributed by atoms with Crippen molar-refractivity contribution in [3.05, 3.63) is 47.9 Å². The van der Waals surface area contributed by atoms with Gasteiger partial charge in [0.25, 0.3) is 0 Å². The number of phenols is 1. The van der Waals surface area contributed by atoms with E-state index in [1.54, 1.807) is 24.4 Å². The lowest BCUT2D eigenvalue weighted by atomic mass is 9.95. The molecular formula is C33H32FN7O2. The highest BCUT2D eigenvalue weighted by molar-refractivity contribution is 6.02. The van der Waals surface area contributed by atoms with Crippen LogP contribution < -0.4 is 15.0 Å². The quantitative estimate of drug-likeness (QED) is 0.323. The van der Waals surface area contributed by atoms with Gasteiger partial charge in [0.1, 0.15) is 29.4 Å². The first kappa shape index (κ1) is 27.3. The minimum atomic E-state index is -0.644. The Bertz CT molecular complexity index is 1800. The monoisotopic (exact) mass is 577 g/mol. The number of terminal acetylenes is 1. The Balaban J connectivity index is 1.37. The number of nitriles is 1. The molecule has 2 aromatic carbocycles. The van der Waals surface area contributed by atoms with Crippen LogP contribution in [0.25, 0.3) is 32.9 Å². The number of halogens is 1.